The first kappa shape index (κ1) is 18.9. The van der Waals surface area contributed by atoms with E-state index < -0.39 is 10.0 Å². The van der Waals surface area contributed by atoms with E-state index in [-0.39, 0.29) is 10.9 Å². The molecule has 0 aliphatic heterocycles. The van der Waals surface area contributed by atoms with Gasteiger partial charge in [0.05, 0.1) is 10.6 Å². The van der Waals surface area contributed by atoms with Crippen molar-refractivity contribution in [1.82, 2.24) is 3.97 Å². The van der Waals surface area contributed by atoms with E-state index in [0.717, 1.165) is 23.1 Å². The first-order valence-corrected chi connectivity index (χ1v) is 10.7. The van der Waals surface area contributed by atoms with Crippen molar-refractivity contribution in [3.63, 3.8) is 0 Å². The lowest BCUT2D eigenvalue weighted by Gasteiger charge is -2.17. The number of hydrogen-bond donors (Lipinski definition) is 2. The Balaban J connectivity index is 1.70. The fourth-order valence-corrected chi connectivity index (χ4v) is 4.93. The van der Waals surface area contributed by atoms with Crippen molar-refractivity contribution < 1.29 is 8.42 Å². The van der Waals surface area contributed by atoms with Gasteiger partial charge in [-0.25, -0.2) is 12.4 Å². The van der Waals surface area contributed by atoms with E-state index in [1.54, 1.807) is 24.4 Å². The Bertz CT molecular complexity index is 1190. The van der Waals surface area contributed by atoms with Gasteiger partial charge >= 0.3 is 0 Å². The Kier molecular flexibility index (Phi) is 4.94. The minimum Gasteiger partial charge on any atom is -0.369 e. The second-order valence-corrected chi connectivity index (χ2v) is 8.61. The van der Waals surface area contributed by atoms with Crippen molar-refractivity contribution >= 4 is 21.7 Å². The Morgan fingerprint density at radius 2 is 1.59 bits per heavy atom. The quantitative estimate of drug-likeness (QED) is 0.393. The van der Waals surface area contributed by atoms with Gasteiger partial charge in [-0.15, -0.1) is 5.10 Å². The maximum Gasteiger partial charge on any atom is 0.267 e. The highest BCUT2D eigenvalue weighted by molar-refractivity contribution is 7.90. The van der Waals surface area contributed by atoms with E-state index in [9.17, 15) is 8.42 Å². The van der Waals surface area contributed by atoms with Crippen LogP contribution in [0.1, 0.15) is 24.1 Å². The highest BCUT2D eigenvalue weighted by Gasteiger charge is 2.26. The number of hydrogen-bond acceptors (Lipinski definition) is 4. The Morgan fingerprint density at radius 3 is 2.28 bits per heavy atom. The minimum absolute atomic E-state index is 0.129. The summed E-state index contributed by atoms with van der Waals surface area (Å²) in [4.78, 5) is 0.240. The molecule has 8 heteroatoms. The van der Waals surface area contributed by atoms with Crippen LogP contribution in [-0.2, 0) is 16.4 Å². The molecule has 4 N–H and O–H groups in total. The Labute approximate surface area is 169 Å². The number of fused-ring (bicyclic) bond motifs is 1. The third-order valence-corrected chi connectivity index (χ3v) is 6.62. The second kappa shape index (κ2) is 7.56. The van der Waals surface area contributed by atoms with Crippen LogP contribution in [0.15, 0.2) is 82.0 Å². The van der Waals surface area contributed by atoms with Crippen LogP contribution < -0.4 is 11.5 Å². The zero-order valence-corrected chi connectivity index (χ0v) is 16.5. The smallest absolute Gasteiger partial charge is 0.267 e. The largest absolute Gasteiger partial charge is 0.369 e. The van der Waals surface area contributed by atoms with Crippen LogP contribution in [0, 0.1) is 0 Å². The molecule has 148 valence electrons. The molecule has 29 heavy (non-hydrogen) atoms. The van der Waals surface area contributed by atoms with Gasteiger partial charge in [-0.1, -0.05) is 42.5 Å². The summed E-state index contributed by atoms with van der Waals surface area (Å²) in [7, 11) is -3.71. The summed E-state index contributed by atoms with van der Waals surface area (Å²) in [5, 5.41) is 7.80. The fourth-order valence-electron chi connectivity index (χ4n) is 3.52. The molecule has 0 saturated heterocycles. The van der Waals surface area contributed by atoms with Crippen molar-refractivity contribution in [2.45, 2.75) is 24.2 Å². The summed E-state index contributed by atoms with van der Waals surface area (Å²) in [5.41, 5.74) is 14.9. The van der Waals surface area contributed by atoms with Crippen LogP contribution >= 0.6 is 0 Å². The van der Waals surface area contributed by atoms with Gasteiger partial charge in [-0.2, -0.15) is 5.10 Å². The lowest BCUT2D eigenvalue weighted by molar-refractivity contribution is 0.584. The molecule has 1 aromatic heterocycles. The topological polar surface area (TPSA) is 116 Å². The van der Waals surface area contributed by atoms with E-state index >= 15 is 0 Å². The number of benzene rings is 2. The van der Waals surface area contributed by atoms with E-state index in [2.05, 4.69) is 10.2 Å². The Hall–Kier alpha value is -3.39. The standard InChI is InChI=1S/C21H21N5O2S/c22-21(23)25-24-19-7-4-8-20-18(19)13-14-26(20)29(27,28)17-11-9-16(10-12-17)15-5-2-1-3-6-15/h1-3,5-6,9-14H,4,7-8H2,(H4,22,23,25). The Morgan fingerprint density at radius 1 is 0.897 bits per heavy atom. The molecule has 1 aliphatic carbocycles. The van der Waals surface area contributed by atoms with Gasteiger partial charge in [0.1, 0.15) is 0 Å². The number of aromatic nitrogens is 1. The molecule has 4 rings (SSSR count). The minimum atomic E-state index is -3.71. The van der Waals surface area contributed by atoms with Crippen LogP contribution in [0.5, 0.6) is 0 Å². The number of nitrogens with zero attached hydrogens (tertiary/aromatic N) is 3. The van der Waals surface area contributed by atoms with Crippen LogP contribution in [0.25, 0.3) is 11.1 Å². The van der Waals surface area contributed by atoms with E-state index in [4.69, 9.17) is 11.5 Å². The van der Waals surface area contributed by atoms with Gasteiger partial charge in [0, 0.05) is 17.5 Å². The van der Waals surface area contributed by atoms with Crippen molar-refractivity contribution in [2.75, 3.05) is 0 Å². The third-order valence-electron chi connectivity index (χ3n) is 4.90. The average molecular weight is 407 g/mol. The highest BCUT2D eigenvalue weighted by atomic mass is 32.2. The molecule has 3 aromatic rings. The summed E-state index contributed by atoms with van der Waals surface area (Å²) in [6.07, 6.45) is 3.68. The molecule has 0 spiro atoms. The molecule has 2 aromatic carbocycles. The molecule has 1 heterocycles. The van der Waals surface area contributed by atoms with E-state index in [1.807, 2.05) is 42.5 Å². The van der Waals surface area contributed by atoms with Crippen molar-refractivity contribution in [3.8, 4) is 11.1 Å². The lowest BCUT2D eigenvalue weighted by atomic mass is 9.96. The van der Waals surface area contributed by atoms with Crippen molar-refractivity contribution in [1.29, 1.82) is 0 Å². The highest BCUT2D eigenvalue weighted by Crippen LogP contribution is 2.28. The van der Waals surface area contributed by atoms with Crippen LogP contribution in [-0.4, -0.2) is 24.1 Å². The molecule has 0 fully saturated rings. The molecular weight excluding hydrogens is 386 g/mol. The molecule has 0 radical (unpaired) electrons. The van der Waals surface area contributed by atoms with E-state index in [0.29, 0.717) is 24.2 Å². The number of nitrogens with two attached hydrogens (primary N) is 2. The third kappa shape index (κ3) is 3.66. The maximum absolute atomic E-state index is 13.2. The van der Waals surface area contributed by atoms with Gasteiger partial charge in [0.15, 0.2) is 0 Å². The predicted molar refractivity (Wildman–Crippen MR) is 114 cm³/mol. The van der Waals surface area contributed by atoms with Crippen molar-refractivity contribution in [3.05, 3.63) is 78.1 Å². The normalized spacial score (nSPS) is 15.1. The zero-order valence-electron chi connectivity index (χ0n) is 15.7. The van der Waals surface area contributed by atoms with Gasteiger partial charge in [-0.05, 0) is 48.6 Å². The molecule has 0 saturated carbocycles. The molecule has 0 amide bonds. The maximum atomic E-state index is 13.2. The summed E-state index contributed by atoms with van der Waals surface area (Å²) in [6, 6.07) is 18.5. The van der Waals surface area contributed by atoms with Gasteiger partial charge in [-0.3, -0.25) is 0 Å². The average Bonchev–Trinajstić information content (AvgIpc) is 3.18. The number of guanidine groups is 1. The lowest BCUT2D eigenvalue weighted by Crippen LogP contribution is -2.22. The van der Waals surface area contributed by atoms with E-state index in [1.165, 1.54) is 3.97 Å². The second-order valence-electron chi connectivity index (χ2n) is 6.79. The van der Waals surface area contributed by atoms with Gasteiger partial charge in [0.2, 0.25) is 5.96 Å². The summed E-state index contributed by atoms with van der Waals surface area (Å²) in [5.74, 6) is -0.129. The summed E-state index contributed by atoms with van der Waals surface area (Å²) in [6.45, 7) is 0. The van der Waals surface area contributed by atoms with Crippen LogP contribution in [0.4, 0.5) is 0 Å². The summed E-state index contributed by atoms with van der Waals surface area (Å²) < 4.78 is 27.8. The number of rotatable bonds is 4. The van der Waals surface area contributed by atoms with Gasteiger partial charge in [0.25, 0.3) is 10.0 Å². The van der Waals surface area contributed by atoms with Crippen molar-refractivity contribution in [2.24, 2.45) is 21.7 Å². The van der Waals surface area contributed by atoms with Gasteiger partial charge < -0.3 is 11.5 Å². The molecule has 7 nitrogen and oxygen atoms in total. The predicted octanol–water partition coefficient (Wildman–Crippen LogP) is 2.71. The first-order valence-electron chi connectivity index (χ1n) is 9.24. The monoisotopic (exact) mass is 407 g/mol. The SMILES string of the molecule is NC(N)=NN=C1CCCc2c1ccn2S(=O)(=O)c1ccc(-c2ccccc2)cc1. The first-order chi connectivity index (χ1) is 14.0. The zero-order chi connectivity index (χ0) is 20.4. The molecule has 1 aliphatic rings. The molecule has 0 unspecified atom stereocenters. The fraction of sp³-hybridized carbons (Fsp3) is 0.143. The summed E-state index contributed by atoms with van der Waals surface area (Å²) >= 11 is 0. The molecule has 0 bridgehead atoms. The molecule has 0 atom stereocenters. The van der Waals surface area contributed by atoms with Crippen LogP contribution in [0.2, 0.25) is 0 Å². The molecular formula is C21H21N5O2S. The van der Waals surface area contributed by atoms with Crippen LogP contribution in [0.3, 0.4) is 0 Å².